The molecule has 0 aliphatic rings. The lowest BCUT2D eigenvalue weighted by Gasteiger charge is -1.88. The number of Topliss-reactive ketones (excluding diaryl/α,β-unsaturated/α-hetero) is 1. The summed E-state index contributed by atoms with van der Waals surface area (Å²) < 4.78 is 0. The molecule has 26 heavy (non-hydrogen) atoms. The highest BCUT2D eigenvalue weighted by atomic mass is 16.4. The number of nitrogens with one attached hydrogen (secondary N) is 2. The molecule has 2 heterocycles. The molecule has 0 atom stereocenters. The van der Waals surface area contributed by atoms with Crippen LogP contribution in [-0.2, 0) is 0 Å². The molecule has 7 heteroatoms. The summed E-state index contributed by atoms with van der Waals surface area (Å²) >= 11 is 0. The van der Waals surface area contributed by atoms with Crippen molar-refractivity contribution in [2.75, 3.05) is 28.2 Å². The molecule has 3 N–H and O–H groups in total. The number of carbonyl (C=O) groups is 2. The van der Waals surface area contributed by atoms with E-state index in [-0.39, 0.29) is 26.2 Å². The molecule has 2 rings (SSSR count). The van der Waals surface area contributed by atoms with Crippen molar-refractivity contribution in [3.05, 3.63) is 60.2 Å². The third-order valence-corrected chi connectivity index (χ3v) is 1.98. The molecular formula is C19H34N4O3. The number of ketones is 1. The van der Waals surface area contributed by atoms with Gasteiger partial charge in [0.2, 0.25) is 0 Å². The van der Waals surface area contributed by atoms with Crippen LogP contribution in [-0.4, -0.2) is 55.0 Å². The molecule has 0 bridgehead atoms. The summed E-state index contributed by atoms with van der Waals surface area (Å²) in [6.07, 6.45) is 6.05. The quantitative estimate of drug-likeness (QED) is 0.702. The minimum absolute atomic E-state index is 0. The van der Waals surface area contributed by atoms with E-state index in [9.17, 15) is 9.59 Å². The van der Waals surface area contributed by atoms with Crippen LogP contribution in [0.3, 0.4) is 0 Å². The molecule has 0 amide bonds. The third kappa shape index (κ3) is 19.4. The zero-order valence-electron chi connectivity index (χ0n) is 14.8. The number of aromatic carboxylic acids is 1. The van der Waals surface area contributed by atoms with Crippen molar-refractivity contribution < 1.29 is 14.7 Å². The van der Waals surface area contributed by atoms with Gasteiger partial charge in [-0.1, -0.05) is 14.9 Å². The standard InChI is InChI=1S/C7H7NO.C6H5NO2.2C2H7N.2CH4/c1-6(9)7-3-2-4-8-5-7;8-6(9)5-2-1-3-7-4-5;2*1-3-2;;/h2-5H,1H3;1-4H,(H,8,9);2*3H,1-2H3;2*1H4. The van der Waals surface area contributed by atoms with Gasteiger partial charge in [-0.2, -0.15) is 0 Å². The molecule has 2 aromatic rings. The lowest BCUT2D eigenvalue weighted by atomic mass is 10.2. The Labute approximate surface area is 157 Å². The summed E-state index contributed by atoms with van der Waals surface area (Å²) in [5.41, 5.74) is 0.884. The fourth-order valence-corrected chi connectivity index (χ4v) is 1.06. The van der Waals surface area contributed by atoms with Gasteiger partial charge < -0.3 is 15.7 Å². The number of pyridine rings is 2. The van der Waals surface area contributed by atoms with Crippen molar-refractivity contribution in [3.63, 3.8) is 0 Å². The average Bonchev–Trinajstić information content (AvgIpc) is 2.58. The molecule has 0 aromatic carbocycles. The van der Waals surface area contributed by atoms with Gasteiger partial charge in [0.1, 0.15) is 0 Å². The molecule has 0 aliphatic heterocycles. The van der Waals surface area contributed by atoms with Crippen LogP contribution in [0.4, 0.5) is 0 Å². The Morgan fingerprint density at radius 3 is 1.35 bits per heavy atom. The highest BCUT2D eigenvalue weighted by Gasteiger charge is 1.97. The summed E-state index contributed by atoms with van der Waals surface area (Å²) in [5, 5.41) is 13.8. The molecule has 0 fully saturated rings. The van der Waals surface area contributed by atoms with Gasteiger partial charge in [-0.3, -0.25) is 14.8 Å². The van der Waals surface area contributed by atoms with E-state index < -0.39 is 5.97 Å². The van der Waals surface area contributed by atoms with E-state index in [2.05, 4.69) is 20.6 Å². The number of rotatable bonds is 2. The first-order valence-corrected chi connectivity index (χ1v) is 7.15. The number of nitrogens with zero attached hydrogens (tertiary/aromatic N) is 2. The number of hydrogen-bond donors (Lipinski definition) is 3. The highest BCUT2D eigenvalue weighted by molar-refractivity contribution is 5.93. The van der Waals surface area contributed by atoms with Crippen LogP contribution in [0.15, 0.2) is 49.1 Å². The Morgan fingerprint density at radius 1 is 0.846 bits per heavy atom. The summed E-state index contributed by atoms with van der Waals surface area (Å²) in [6, 6.07) is 6.57. The summed E-state index contributed by atoms with van der Waals surface area (Å²) in [6.45, 7) is 1.52. The van der Waals surface area contributed by atoms with Crippen LogP contribution in [0.25, 0.3) is 0 Å². The van der Waals surface area contributed by atoms with Crippen molar-refractivity contribution in [1.29, 1.82) is 0 Å². The predicted molar refractivity (Wildman–Crippen MR) is 109 cm³/mol. The van der Waals surface area contributed by atoms with Crippen LogP contribution in [0.1, 0.15) is 42.5 Å². The van der Waals surface area contributed by atoms with Crippen LogP contribution in [0, 0.1) is 0 Å². The molecule has 2 aromatic heterocycles. The van der Waals surface area contributed by atoms with Gasteiger partial charge >= 0.3 is 5.97 Å². The maximum atomic E-state index is 10.6. The van der Waals surface area contributed by atoms with E-state index in [0.29, 0.717) is 5.56 Å². The summed E-state index contributed by atoms with van der Waals surface area (Å²) in [7, 11) is 7.50. The monoisotopic (exact) mass is 366 g/mol. The largest absolute Gasteiger partial charge is 0.478 e. The van der Waals surface area contributed by atoms with Gasteiger partial charge in [0.05, 0.1) is 5.56 Å². The molecule has 148 valence electrons. The molecule has 0 unspecified atom stereocenters. The highest BCUT2D eigenvalue weighted by Crippen LogP contribution is 1.94. The maximum Gasteiger partial charge on any atom is 0.337 e. The lowest BCUT2D eigenvalue weighted by Crippen LogP contribution is -1.94. The molecule has 0 saturated heterocycles. The predicted octanol–water partition coefficient (Wildman–Crippen LogP) is 3.01. The second-order valence-electron chi connectivity index (χ2n) is 4.34. The number of carboxylic acid groups (broad SMARTS) is 1. The van der Waals surface area contributed by atoms with E-state index in [1.54, 1.807) is 30.6 Å². The second kappa shape index (κ2) is 22.4. The summed E-state index contributed by atoms with van der Waals surface area (Å²) in [5.74, 6) is -0.883. The summed E-state index contributed by atoms with van der Waals surface area (Å²) in [4.78, 5) is 28.2. The fourth-order valence-electron chi connectivity index (χ4n) is 1.06. The maximum absolute atomic E-state index is 10.6. The van der Waals surface area contributed by atoms with E-state index in [1.807, 2.05) is 28.2 Å². The SMILES string of the molecule is C.C.CC(=O)c1cccnc1.CNC.CNC.O=C(O)c1cccnc1. The van der Waals surface area contributed by atoms with Gasteiger partial charge in [-0.15, -0.1) is 0 Å². The van der Waals surface area contributed by atoms with E-state index >= 15 is 0 Å². The number of carbonyl (C=O) groups excluding carboxylic acids is 1. The van der Waals surface area contributed by atoms with Crippen molar-refractivity contribution in [1.82, 2.24) is 20.6 Å². The molecule has 7 nitrogen and oxygen atoms in total. The topological polar surface area (TPSA) is 104 Å². The first-order chi connectivity index (χ1) is 11.4. The van der Waals surface area contributed by atoms with E-state index in [1.165, 1.54) is 25.4 Å². The Hall–Kier alpha value is -2.64. The Morgan fingerprint density at radius 2 is 1.19 bits per heavy atom. The van der Waals surface area contributed by atoms with Crippen molar-refractivity contribution in [2.24, 2.45) is 0 Å². The zero-order valence-corrected chi connectivity index (χ0v) is 14.8. The van der Waals surface area contributed by atoms with Gasteiger partial charge in [-0.05, 0) is 59.4 Å². The zero-order chi connectivity index (χ0) is 18.8. The molecule has 0 saturated carbocycles. The molecular weight excluding hydrogens is 332 g/mol. The van der Waals surface area contributed by atoms with E-state index in [4.69, 9.17) is 5.11 Å². The van der Waals surface area contributed by atoms with Gasteiger partial charge in [0.25, 0.3) is 0 Å². The number of hydrogen-bond acceptors (Lipinski definition) is 6. The average molecular weight is 367 g/mol. The van der Waals surface area contributed by atoms with Crippen molar-refractivity contribution in [3.8, 4) is 0 Å². The van der Waals surface area contributed by atoms with Gasteiger partial charge in [0.15, 0.2) is 5.78 Å². The van der Waals surface area contributed by atoms with E-state index in [0.717, 1.165) is 0 Å². The Kier molecular flexibility index (Phi) is 26.8. The number of carboxylic acids is 1. The first kappa shape index (κ1) is 31.2. The fraction of sp³-hybridized carbons (Fsp3) is 0.368. The lowest BCUT2D eigenvalue weighted by molar-refractivity contribution is 0.0696. The van der Waals surface area contributed by atoms with Crippen LogP contribution in [0.2, 0.25) is 0 Å². The minimum Gasteiger partial charge on any atom is -0.478 e. The van der Waals surface area contributed by atoms with Crippen molar-refractivity contribution in [2.45, 2.75) is 21.8 Å². The second-order valence-corrected chi connectivity index (χ2v) is 4.34. The normalized spacial score (nSPS) is 7.58. The minimum atomic E-state index is -0.942. The molecule has 0 spiro atoms. The van der Waals surface area contributed by atoms with Crippen LogP contribution in [0.5, 0.6) is 0 Å². The number of aromatic nitrogens is 2. The third-order valence-electron chi connectivity index (χ3n) is 1.98. The molecule has 0 radical (unpaired) electrons. The Balaban J connectivity index is -0.000000136. The van der Waals surface area contributed by atoms with Gasteiger partial charge in [-0.25, -0.2) is 4.79 Å². The van der Waals surface area contributed by atoms with Crippen LogP contribution < -0.4 is 10.6 Å². The first-order valence-electron chi connectivity index (χ1n) is 7.15. The molecule has 0 aliphatic carbocycles. The van der Waals surface area contributed by atoms with Crippen LogP contribution >= 0.6 is 0 Å². The van der Waals surface area contributed by atoms with Crippen molar-refractivity contribution >= 4 is 11.8 Å². The smallest absolute Gasteiger partial charge is 0.337 e. The Bertz CT molecular complexity index is 498. The van der Waals surface area contributed by atoms with Gasteiger partial charge in [0, 0.05) is 30.4 Å².